The minimum Gasteiger partial charge on any atom is -0.493 e. The Morgan fingerprint density at radius 1 is 1.00 bits per heavy atom. The molecule has 0 bridgehead atoms. The molecule has 0 aliphatic carbocycles. The highest BCUT2D eigenvalue weighted by molar-refractivity contribution is 7.15. The van der Waals surface area contributed by atoms with Gasteiger partial charge < -0.3 is 14.8 Å². The summed E-state index contributed by atoms with van der Waals surface area (Å²) >= 11 is 1.36. The number of ether oxygens (including phenoxy) is 2. The predicted molar refractivity (Wildman–Crippen MR) is 101 cm³/mol. The van der Waals surface area contributed by atoms with E-state index in [0.29, 0.717) is 29.5 Å². The molecule has 134 valence electrons. The Hall–Kier alpha value is -2.93. The molecule has 1 aromatic heterocycles. The van der Waals surface area contributed by atoms with Crippen LogP contribution in [0, 0.1) is 0 Å². The maximum Gasteiger partial charge on any atom is 0.230 e. The highest BCUT2D eigenvalue weighted by Crippen LogP contribution is 2.29. The predicted octanol–water partition coefficient (Wildman–Crippen LogP) is 3.33. The fourth-order valence-electron chi connectivity index (χ4n) is 2.49. The maximum atomic E-state index is 12.1. The van der Waals surface area contributed by atoms with Crippen molar-refractivity contribution in [2.45, 2.75) is 12.8 Å². The molecule has 0 radical (unpaired) electrons. The molecular formula is C19H19N3O3S. The minimum atomic E-state index is -0.106. The van der Waals surface area contributed by atoms with Crippen molar-refractivity contribution in [3.05, 3.63) is 64.7 Å². The second-order valence-corrected chi connectivity index (χ2v) is 6.64. The normalized spacial score (nSPS) is 10.4. The summed E-state index contributed by atoms with van der Waals surface area (Å²) in [5.41, 5.74) is 1.99. The SMILES string of the molecule is COc1ccc(Cc2nnc(NC(=O)Cc3ccccc3)s2)cc1OC. The number of benzene rings is 2. The number of hydrogen-bond acceptors (Lipinski definition) is 6. The number of rotatable bonds is 7. The number of nitrogens with one attached hydrogen (secondary N) is 1. The topological polar surface area (TPSA) is 73.3 Å². The molecule has 0 unspecified atom stereocenters. The van der Waals surface area contributed by atoms with Crippen molar-refractivity contribution in [3.8, 4) is 11.5 Å². The van der Waals surface area contributed by atoms with Gasteiger partial charge in [-0.1, -0.05) is 47.7 Å². The van der Waals surface area contributed by atoms with Crippen LogP contribution in [0.4, 0.5) is 5.13 Å². The molecule has 1 N–H and O–H groups in total. The van der Waals surface area contributed by atoms with Gasteiger partial charge in [-0.05, 0) is 23.3 Å². The van der Waals surface area contributed by atoms with Gasteiger partial charge in [0.05, 0.1) is 20.6 Å². The number of hydrogen-bond donors (Lipinski definition) is 1. The molecule has 3 aromatic rings. The third kappa shape index (κ3) is 4.58. The van der Waals surface area contributed by atoms with Crippen molar-refractivity contribution in [1.29, 1.82) is 0 Å². The quantitative estimate of drug-likeness (QED) is 0.692. The van der Waals surface area contributed by atoms with E-state index in [2.05, 4.69) is 15.5 Å². The van der Waals surface area contributed by atoms with Crippen LogP contribution in [-0.2, 0) is 17.6 Å². The first-order valence-electron chi connectivity index (χ1n) is 8.05. The van der Waals surface area contributed by atoms with Gasteiger partial charge in [-0.25, -0.2) is 0 Å². The molecule has 0 aliphatic heterocycles. The molecule has 0 aliphatic rings. The molecule has 6 nitrogen and oxygen atoms in total. The van der Waals surface area contributed by atoms with Crippen LogP contribution in [0.1, 0.15) is 16.1 Å². The number of nitrogens with zero attached hydrogens (tertiary/aromatic N) is 2. The second-order valence-electron chi connectivity index (χ2n) is 5.58. The van der Waals surface area contributed by atoms with Crippen molar-refractivity contribution < 1.29 is 14.3 Å². The molecule has 7 heteroatoms. The Morgan fingerprint density at radius 3 is 2.50 bits per heavy atom. The summed E-state index contributed by atoms with van der Waals surface area (Å²) in [4.78, 5) is 12.1. The number of carbonyl (C=O) groups excluding carboxylic acids is 1. The van der Waals surface area contributed by atoms with E-state index in [4.69, 9.17) is 9.47 Å². The molecule has 0 spiro atoms. The van der Waals surface area contributed by atoms with Crippen LogP contribution in [0.5, 0.6) is 11.5 Å². The van der Waals surface area contributed by atoms with Gasteiger partial charge in [0.25, 0.3) is 0 Å². The summed E-state index contributed by atoms with van der Waals surface area (Å²) in [7, 11) is 3.21. The number of aromatic nitrogens is 2. The van der Waals surface area contributed by atoms with Crippen LogP contribution in [-0.4, -0.2) is 30.3 Å². The number of amides is 1. The van der Waals surface area contributed by atoms with Crippen molar-refractivity contribution in [2.75, 3.05) is 19.5 Å². The first-order valence-corrected chi connectivity index (χ1v) is 8.86. The Morgan fingerprint density at radius 2 is 1.77 bits per heavy atom. The zero-order valence-corrected chi connectivity index (χ0v) is 15.4. The minimum absolute atomic E-state index is 0.106. The second kappa shape index (κ2) is 8.44. The summed E-state index contributed by atoms with van der Waals surface area (Å²) in [6, 6.07) is 15.3. The third-order valence-corrected chi connectivity index (χ3v) is 4.56. The molecule has 1 amide bonds. The average Bonchev–Trinajstić information content (AvgIpc) is 3.09. The molecule has 3 rings (SSSR count). The molecular weight excluding hydrogens is 350 g/mol. The lowest BCUT2D eigenvalue weighted by atomic mass is 10.1. The first-order chi connectivity index (χ1) is 12.7. The summed E-state index contributed by atoms with van der Waals surface area (Å²) in [5, 5.41) is 12.3. The van der Waals surface area contributed by atoms with Gasteiger partial charge in [0.15, 0.2) is 11.5 Å². The van der Waals surface area contributed by atoms with E-state index in [1.807, 2.05) is 48.5 Å². The van der Waals surface area contributed by atoms with Crippen molar-refractivity contribution >= 4 is 22.4 Å². The average molecular weight is 369 g/mol. The molecule has 0 saturated heterocycles. The van der Waals surface area contributed by atoms with Crippen LogP contribution >= 0.6 is 11.3 Å². The maximum absolute atomic E-state index is 12.1. The number of anilines is 1. The third-order valence-electron chi connectivity index (χ3n) is 3.72. The standard InChI is InChI=1S/C19H19N3O3S/c1-24-15-9-8-14(10-16(15)25-2)12-18-21-22-19(26-18)20-17(23)11-13-6-4-3-5-7-13/h3-10H,11-12H2,1-2H3,(H,20,22,23). The van der Waals surface area contributed by atoms with Crippen LogP contribution in [0.2, 0.25) is 0 Å². The highest BCUT2D eigenvalue weighted by atomic mass is 32.1. The summed E-state index contributed by atoms with van der Waals surface area (Å²) in [5.74, 6) is 1.25. The zero-order valence-electron chi connectivity index (χ0n) is 14.6. The van der Waals surface area contributed by atoms with E-state index in [0.717, 1.165) is 16.1 Å². The Labute approximate surface area is 155 Å². The Bertz CT molecular complexity index is 881. The fraction of sp³-hybridized carbons (Fsp3) is 0.211. The zero-order chi connectivity index (χ0) is 18.4. The Kier molecular flexibility index (Phi) is 5.80. The molecule has 0 atom stereocenters. The van der Waals surface area contributed by atoms with Crippen molar-refractivity contribution in [1.82, 2.24) is 10.2 Å². The Balaban J connectivity index is 1.62. The van der Waals surface area contributed by atoms with E-state index < -0.39 is 0 Å². The summed E-state index contributed by atoms with van der Waals surface area (Å²) < 4.78 is 10.6. The van der Waals surface area contributed by atoms with E-state index in [1.165, 1.54) is 11.3 Å². The van der Waals surface area contributed by atoms with Crippen molar-refractivity contribution in [2.24, 2.45) is 0 Å². The van der Waals surface area contributed by atoms with E-state index in [-0.39, 0.29) is 5.91 Å². The van der Waals surface area contributed by atoms with E-state index in [9.17, 15) is 4.79 Å². The van der Waals surface area contributed by atoms with E-state index >= 15 is 0 Å². The first kappa shape index (κ1) is 17.9. The van der Waals surface area contributed by atoms with Gasteiger partial charge in [0.2, 0.25) is 11.0 Å². The smallest absolute Gasteiger partial charge is 0.230 e. The van der Waals surface area contributed by atoms with Gasteiger partial charge in [-0.2, -0.15) is 0 Å². The molecule has 1 heterocycles. The highest BCUT2D eigenvalue weighted by Gasteiger charge is 2.11. The number of methoxy groups -OCH3 is 2. The number of carbonyl (C=O) groups is 1. The monoisotopic (exact) mass is 369 g/mol. The lowest BCUT2D eigenvalue weighted by Gasteiger charge is -2.08. The van der Waals surface area contributed by atoms with Gasteiger partial charge in [0, 0.05) is 6.42 Å². The van der Waals surface area contributed by atoms with Gasteiger partial charge in [-0.15, -0.1) is 10.2 Å². The largest absolute Gasteiger partial charge is 0.493 e. The summed E-state index contributed by atoms with van der Waals surface area (Å²) in [6.07, 6.45) is 0.915. The lowest BCUT2D eigenvalue weighted by molar-refractivity contribution is -0.115. The van der Waals surface area contributed by atoms with Gasteiger partial charge in [-0.3, -0.25) is 4.79 Å². The lowest BCUT2D eigenvalue weighted by Crippen LogP contribution is -2.14. The van der Waals surface area contributed by atoms with Crippen LogP contribution in [0.15, 0.2) is 48.5 Å². The molecule has 0 saturated carbocycles. The fourth-order valence-corrected chi connectivity index (χ4v) is 3.28. The summed E-state index contributed by atoms with van der Waals surface area (Å²) in [6.45, 7) is 0. The van der Waals surface area contributed by atoms with E-state index in [1.54, 1.807) is 14.2 Å². The van der Waals surface area contributed by atoms with Crippen LogP contribution in [0.3, 0.4) is 0 Å². The van der Waals surface area contributed by atoms with Crippen LogP contribution in [0.25, 0.3) is 0 Å². The van der Waals surface area contributed by atoms with Crippen molar-refractivity contribution in [3.63, 3.8) is 0 Å². The van der Waals surface area contributed by atoms with Crippen LogP contribution < -0.4 is 14.8 Å². The molecule has 2 aromatic carbocycles. The molecule has 26 heavy (non-hydrogen) atoms. The van der Waals surface area contributed by atoms with Gasteiger partial charge in [0.1, 0.15) is 5.01 Å². The van der Waals surface area contributed by atoms with Gasteiger partial charge >= 0.3 is 0 Å². The molecule has 0 fully saturated rings.